The Morgan fingerprint density at radius 1 is 1.25 bits per heavy atom. The molecule has 1 aliphatic rings. The molecule has 3 rings (SSSR count). The molecular weight excluding hydrogens is 419 g/mol. The number of rotatable bonds is 5. The maximum absolute atomic E-state index is 11.7. The van der Waals surface area contributed by atoms with Gasteiger partial charge in [0.15, 0.2) is 5.96 Å². The molecule has 1 amide bonds. The lowest BCUT2D eigenvalue weighted by Crippen LogP contribution is -2.28. The Balaban J connectivity index is 0.00000208. The van der Waals surface area contributed by atoms with Gasteiger partial charge in [0.25, 0.3) is 0 Å². The highest BCUT2D eigenvalue weighted by molar-refractivity contribution is 14.0. The minimum Gasteiger partial charge on any atom is -0.467 e. The summed E-state index contributed by atoms with van der Waals surface area (Å²) in [7, 11) is 0. The van der Waals surface area contributed by atoms with Crippen LogP contribution in [-0.2, 0) is 24.2 Å². The van der Waals surface area contributed by atoms with E-state index < -0.39 is 0 Å². The molecule has 1 aromatic carbocycles. The van der Waals surface area contributed by atoms with Crippen LogP contribution >= 0.6 is 24.0 Å². The van der Waals surface area contributed by atoms with Gasteiger partial charge in [0.2, 0.25) is 5.91 Å². The number of carbonyl (C=O) groups is 1. The summed E-state index contributed by atoms with van der Waals surface area (Å²) in [6.45, 7) is 0.323. The standard InChI is InChI=1S/C17H20N4O2.HI/c18-17(20-11-16(22)19-10-15-5-2-8-23-15)21-14-7-6-12-3-1-4-13(12)9-14;/h2,5-9H,1,3-4,10-11H2,(H,19,22)(H3,18,20,21);1H. The van der Waals surface area contributed by atoms with Gasteiger partial charge in [-0.1, -0.05) is 6.07 Å². The van der Waals surface area contributed by atoms with E-state index in [0.29, 0.717) is 12.3 Å². The summed E-state index contributed by atoms with van der Waals surface area (Å²) in [6.07, 6.45) is 5.03. The molecule has 0 bridgehead atoms. The van der Waals surface area contributed by atoms with E-state index in [4.69, 9.17) is 10.2 Å². The van der Waals surface area contributed by atoms with Crippen molar-refractivity contribution in [2.24, 2.45) is 10.7 Å². The van der Waals surface area contributed by atoms with Crippen LogP contribution in [-0.4, -0.2) is 18.4 Å². The summed E-state index contributed by atoms with van der Waals surface area (Å²) in [6, 6.07) is 9.78. The van der Waals surface area contributed by atoms with Crippen LogP contribution in [0.2, 0.25) is 0 Å². The first-order valence-electron chi connectivity index (χ1n) is 7.68. The maximum Gasteiger partial charge on any atom is 0.242 e. The summed E-state index contributed by atoms with van der Waals surface area (Å²) in [5, 5.41) is 5.74. The molecule has 0 unspecified atom stereocenters. The average molecular weight is 440 g/mol. The molecule has 0 spiro atoms. The van der Waals surface area contributed by atoms with Gasteiger partial charge in [-0.2, -0.15) is 0 Å². The van der Waals surface area contributed by atoms with Crippen molar-refractivity contribution in [1.29, 1.82) is 0 Å². The second kappa shape index (κ2) is 8.72. The molecule has 7 heteroatoms. The zero-order chi connectivity index (χ0) is 16.1. The molecule has 128 valence electrons. The number of benzene rings is 1. The van der Waals surface area contributed by atoms with E-state index in [0.717, 1.165) is 18.5 Å². The van der Waals surface area contributed by atoms with Crippen LogP contribution in [0.15, 0.2) is 46.0 Å². The Morgan fingerprint density at radius 3 is 2.88 bits per heavy atom. The van der Waals surface area contributed by atoms with E-state index in [1.54, 1.807) is 18.4 Å². The number of nitrogens with zero attached hydrogens (tertiary/aromatic N) is 1. The topological polar surface area (TPSA) is 92.6 Å². The predicted octanol–water partition coefficient (Wildman–Crippen LogP) is 2.43. The summed E-state index contributed by atoms with van der Waals surface area (Å²) in [5.41, 5.74) is 9.50. The first-order valence-corrected chi connectivity index (χ1v) is 7.68. The predicted molar refractivity (Wildman–Crippen MR) is 105 cm³/mol. The number of fused-ring (bicyclic) bond motifs is 1. The summed E-state index contributed by atoms with van der Waals surface area (Å²) in [5.74, 6) is 0.725. The van der Waals surface area contributed by atoms with Gasteiger partial charge >= 0.3 is 0 Å². The number of hydrogen-bond donors (Lipinski definition) is 3. The molecule has 0 saturated heterocycles. The smallest absolute Gasteiger partial charge is 0.242 e. The molecule has 1 aromatic heterocycles. The molecule has 0 radical (unpaired) electrons. The van der Waals surface area contributed by atoms with Crippen molar-refractivity contribution in [2.45, 2.75) is 25.8 Å². The normalized spacial score (nSPS) is 13.1. The number of aryl methyl sites for hydroxylation is 2. The molecule has 1 aliphatic carbocycles. The third kappa shape index (κ3) is 4.98. The highest BCUT2D eigenvalue weighted by Crippen LogP contribution is 2.24. The van der Waals surface area contributed by atoms with E-state index in [-0.39, 0.29) is 42.4 Å². The third-order valence-corrected chi connectivity index (χ3v) is 3.80. The van der Waals surface area contributed by atoms with Crippen LogP contribution in [0.5, 0.6) is 0 Å². The number of carbonyl (C=O) groups excluding carboxylic acids is 1. The van der Waals surface area contributed by atoms with Crippen LogP contribution in [0.1, 0.15) is 23.3 Å². The van der Waals surface area contributed by atoms with Crippen molar-refractivity contribution in [3.63, 3.8) is 0 Å². The molecule has 1 heterocycles. The Hall–Kier alpha value is -2.03. The fraction of sp³-hybridized carbons (Fsp3) is 0.294. The van der Waals surface area contributed by atoms with Crippen molar-refractivity contribution in [3.05, 3.63) is 53.5 Å². The SMILES string of the molecule is I.NC(=NCC(=O)NCc1ccco1)Nc1ccc2c(c1)CCC2. The van der Waals surface area contributed by atoms with Gasteiger partial charge in [-0.05, 0) is 54.7 Å². The summed E-state index contributed by atoms with van der Waals surface area (Å²) < 4.78 is 5.14. The highest BCUT2D eigenvalue weighted by Gasteiger charge is 2.11. The first-order chi connectivity index (χ1) is 11.2. The number of hydrogen-bond acceptors (Lipinski definition) is 3. The minimum atomic E-state index is -0.208. The average Bonchev–Trinajstić information content (AvgIpc) is 3.21. The summed E-state index contributed by atoms with van der Waals surface area (Å²) >= 11 is 0. The van der Waals surface area contributed by atoms with Crippen molar-refractivity contribution in [3.8, 4) is 0 Å². The van der Waals surface area contributed by atoms with E-state index in [1.807, 2.05) is 6.07 Å². The number of amides is 1. The van der Waals surface area contributed by atoms with E-state index in [9.17, 15) is 4.79 Å². The molecule has 6 nitrogen and oxygen atoms in total. The molecule has 0 aliphatic heterocycles. The second-order valence-electron chi connectivity index (χ2n) is 5.52. The Morgan fingerprint density at radius 2 is 2.08 bits per heavy atom. The van der Waals surface area contributed by atoms with Gasteiger partial charge in [-0.3, -0.25) is 4.79 Å². The fourth-order valence-corrected chi connectivity index (χ4v) is 2.65. The van der Waals surface area contributed by atoms with Gasteiger partial charge in [-0.15, -0.1) is 24.0 Å². The molecular formula is C17H21IN4O2. The number of aliphatic imine (C=N–C) groups is 1. The zero-order valence-electron chi connectivity index (χ0n) is 13.2. The van der Waals surface area contributed by atoms with Crippen LogP contribution in [0, 0.1) is 0 Å². The number of guanidine groups is 1. The fourth-order valence-electron chi connectivity index (χ4n) is 2.65. The van der Waals surface area contributed by atoms with Gasteiger partial charge in [0.1, 0.15) is 12.3 Å². The van der Waals surface area contributed by atoms with E-state index in [1.165, 1.54) is 17.5 Å². The number of anilines is 1. The second-order valence-corrected chi connectivity index (χ2v) is 5.52. The van der Waals surface area contributed by atoms with Crippen molar-refractivity contribution < 1.29 is 9.21 Å². The summed E-state index contributed by atoms with van der Waals surface area (Å²) in [4.78, 5) is 15.8. The lowest BCUT2D eigenvalue weighted by atomic mass is 10.1. The maximum atomic E-state index is 11.7. The number of nitrogens with two attached hydrogens (primary N) is 1. The molecule has 0 fully saturated rings. The van der Waals surface area contributed by atoms with Crippen molar-refractivity contribution in [2.75, 3.05) is 11.9 Å². The van der Waals surface area contributed by atoms with Gasteiger partial charge in [0.05, 0.1) is 12.8 Å². The Labute approximate surface area is 157 Å². The number of halogens is 1. The Bertz CT molecular complexity index is 713. The molecule has 4 N–H and O–H groups in total. The Kier molecular flexibility index (Phi) is 6.65. The zero-order valence-corrected chi connectivity index (χ0v) is 15.6. The van der Waals surface area contributed by atoms with Gasteiger partial charge in [-0.25, -0.2) is 4.99 Å². The quantitative estimate of drug-likeness (QED) is 0.378. The first kappa shape index (κ1) is 18.3. The number of nitrogens with one attached hydrogen (secondary N) is 2. The van der Waals surface area contributed by atoms with E-state index in [2.05, 4.69) is 27.8 Å². The lowest BCUT2D eigenvalue weighted by molar-refractivity contribution is -0.119. The van der Waals surface area contributed by atoms with Crippen molar-refractivity contribution >= 4 is 41.5 Å². The number of furan rings is 1. The van der Waals surface area contributed by atoms with Crippen LogP contribution in [0.4, 0.5) is 5.69 Å². The molecule has 0 atom stereocenters. The van der Waals surface area contributed by atoms with Crippen LogP contribution < -0.4 is 16.4 Å². The largest absolute Gasteiger partial charge is 0.467 e. The van der Waals surface area contributed by atoms with Crippen molar-refractivity contribution in [1.82, 2.24) is 5.32 Å². The highest BCUT2D eigenvalue weighted by atomic mass is 127. The van der Waals surface area contributed by atoms with Gasteiger partial charge in [0, 0.05) is 5.69 Å². The van der Waals surface area contributed by atoms with E-state index >= 15 is 0 Å². The van der Waals surface area contributed by atoms with Gasteiger partial charge < -0.3 is 20.8 Å². The lowest BCUT2D eigenvalue weighted by Gasteiger charge is -2.08. The molecule has 2 aromatic rings. The minimum absolute atomic E-state index is 0. The van der Waals surface area contributed by atoms with Crippen LogP contribution in [0.3, 0.4) is 0 Å². The molecule has 0 saturated carbocycles. The monoisotopic (exact) mass is 440 g/mol. The molecule has 24 heavy (non-hydrogen) atoms. The third-order valence-electron chi connectivity index (χ3n) is 3.80. The van der Waals surface area contributed by atoms with Crippen LogP contribution in [0.25, 0.3) is 0 Å².